The molecular formula is C27H28N4O3. The van der Waals surface area contributed by atoms with Crippen molar-refractivity contribution < 1.29 is 9.53 Å². The topological polar surface area (TPSA) is 76.5 Å². The fourth-order valence-corrected chi connectivity index (χ4v) is 3.89. The number of ether oxygens (including phenoxy) is 1. The van der Waals surface area contributed by atoms with E-state index in [1.54, 1.807) is 22.6 Å². The van der Waals surface area contributed by atoms with Crippen LogP contribution in [0.3, 0.4) is 0 Å². The van der Waals surface area contributed by atoms with Crippen LogP contribution in [0.15, 0.2) is 83.7 Å². The number of hydrogen-bond donors (Lipinski definition) is 1. The summed E-state index contributed by atoms with van der Waals surface area (Å²) in [7, 11) is 1.59. The van der Waals surface area contributed by atoms with Crippen LogP contribution in [0.2, 0.25) is 0 Å². The Kier molecular flexibility index (Phi) is 7.04. The van der Waals surface area contributed by atoms with Crippen molar-refractivity contribution in [3.05, 3.63) is 101 Å². The predicted octanol–water partition coefficient (Wildman–Crippen LogP) is 4.94. The first-order chi connectivity index (χ1) is 16.5. The number of nitrogens with one attached hydrogen (secondary N) is 1. The van der Waals surface area contributed by atoms with Crippen LogP contribution < -0.4 is 10.9 Å². The van der Waals surface area contributed by atoms with Gasteiger partial charge in [-0.05, 0) is 50.2 Å². The Hall–Kier alpha value is -3.97. The number of rotatable bonds is 7. The maximum atomic E-state index is 13.6. The van der Waals surface area contributed by atoms with Crippen molar-refractivity contribution in [2.45, 2.75) is 19.9 Å². The summed E-state index contributed by atoms with van der Waals surface area (Å²) in [5.41, 5.74) is 2.90. The van der Waals surface area contributed by atoms with Gasteiger partial charge in [0.2, 0.25) is 0 Å². The molecule has 0 bridgehead atoms. The fourth-order valence-electron chi connectivity index (χ4n) is 3.89. The lowest BCUT2D eigenvalue weighted by Gasteiger charge is -2.30. The van der Waals surface area contributed by atoms with E-state index in [2.05, 4.69) is 5.32 Å². The van der Waals surface area contributed by atoms with Crippen molar-refractivity contribution in [1.29, 1.82) is 0 Å². The molecule has 7 heteroatoms. The van der Waals surface area contributed by atoms with Gasteiger partial charge in [0, 0.05) is 19.3 Å². The average molecular weight is 457 g/mol. The highest BCUT2D eigenvalue weighted by molar-refractivity contribution is 5.89. The molecule has 34 heavy (non-hydrogen) atoms. The number of aromatic nitrogens is 2. The van der Waals surface area contributed by atoms with Crippen molar-refractivity contribution in [3.63, 3.8) is 0 Å². The minimum absolute atomic E-state index is 0.177. The minimum Gasteiger partial charge on any atom is -0.383 e. The molecule has 0 fully saturated rings. The van der Waals surface area contributed by atoms with E-state index in [0.717, 1.165) is 5.56 Å². The van der Waals surface area contributed by atoms with E-state index in [-0.39, 0.29) is 11.6 Å². The van der Waals surface area contributed by atoms with Crippen LogP contribution in [0.25, 0.3) is 16.6 Å². The van der Waals surface area contributed by atoms with Crippen LogP contribution in [-0.4, -0.2) is 40.7 Å². The van der Waals surface area contributed by atoms with Crippen LogP contribution in [0.4, 0.5) is 10.5 Å². The molecular weight excluding hydrogens is 428 g/mol. The molecule has 174 valence electrons. The van der Waals surface area contributed by atoms with Gasteiger partial charge in [0.1, 0.15) is 5.82 Å². The molecule has 0 aliphatic rings. The normalized spacial score (nSPS) is 11.9. The molecule has 4 rings (SSSR count). The molecule has 0 spiro atoms. The first-order valence-corrected chi connectivity index (χ1v) is 11.2. The number of benzene rings is 3. The lowest BCUT2D eigenvalue weighted by Crippen LogP contribution is -2.41. The molecule has 4 aromatic rings. The maximum Gasteiger partial charge on any atom is 0.322 e. The summed E-state index contributed by atoms with van der Waals surface area (Å²) in [5, 5.41) is 3.48. The zero-order valence-electron chi connectivity index (χ0n) is 19.6. The first kappa shape index (κ1) is 23.2. The summed E-state index contributed by atoms with van der Waals surface area (Å²) in [6, 6.07) is 23.4. The fraction of sp³-hybridized carbons (Fsp3) is 0.222. The van der Waals surface area contributed by atoms with Gasteiger partial charge in [-0.15, -0.1) is 0 Å². The summed E-state index contributed by atoms with van der Waals surface area (Å²) in [5.74, 6) is 0.477. The van der Waals surface area contributed by atoms with Crippen molar-refractivity contribution in [3.8, 4) is 5.69 Å². The lowest BCUT2D eigenvalue weighted by atomic mass is 10.2. The van der Waals surface area contributed by atoms with Crippen LogP contribution in [0, 0.1) is 6.92 Å². The summed E-state index contributed by atoms with van der Waals surface area (Å²) in [6.07, 6.45) is 0. The quantitative estimate of drug-likeness (QED) is 0.428. The molecule has 0 saturated heterocycles. The maximum absolute atomic E-state index is 13.6. The van der Waals surface area contributed by atoms with Gasteiger partial charge in [-0.3, -0.25) is 9.36 Å². The van der Waals surface area contributed by atoms with Gasteiger partial charge in [0.25, 0.3) is 5.56 Å². The molecule has 7 nitrogen and oxygen atoms in total. The summed E-state index contributed by atoms with van der Waals surface area (Å²) in [4.78, 5) is 33.4. The summed E-state index contributed by atoms with van der Waals surface area (Å²) in [6.45, 7) is 4.54. The van der Waals surface area contributed by atoms with Crippen LogP contribution in [0.5, 0.6) is 0 Å². The first-order valence-electron chi connectivity index (χ1n) is 11.2. The molecule has 1 unspecified atom stereocenters. The number of methoxy groups -OCH3 is 1. The number of fused-ring (bicyclic) bond motifs is 1. The monoisotopic (exact) mass is 456 g/mol. The van der Waals surface area contributed by atoms with Crippen LogP contribution in [-0.2, 0) is 4.74 Å². The van der Waals surface area contributed by atoms with Gasteiger partial charge in [0.15, 0.2) is 0 Å². The molecule has 2 amide bonds. The highest BCUT2D eigenvalue weighted by Crippen LogP contribution is 2.24. The van der Waals surface area contributed by atoms with Crippen molar-refractivity contribution in [2.75, 3.05) is 25.6 Å². The number of carbonyl (C=O) groups excluding carboxylic acids is 1. The molecule has 0 aliphatic carbocycles. The largest absolute Gasteiger partial charge is 0.383 e. The van der Waals surface area contributed by atoms with E-state index in [9.17, 15) is 9.59 Å². The number of hydrogen-bond acceptors (Lipinski definition) is 4. The van der Waals surface area contributed by atoms with Gasteiger partial charge in [-0.2, -0.15) is 0 Å². The molecule has 1 atom stereocenters. The summed E-state index contributed by atoms with van der Waals surface area (Å²) >= 11 is 0. The standard InChI is InChI=1S/C27H28N4O3/c1-19-13-15-21(16-14-19)28-27(33)30(17-18-34-3)20(2)25-29-24-12-8-7-11-23(24)26(32)31(25)22-9-5-4-6-10-22/h4-16,20H,17-18H2,1-3H3,(H,28,33). The minimum atomic E-state index is -0.516. The van der Waals surface area contributed by atoms with Crippen LogP contribution >= 0.6 is 0 Å². The van der Waals surface area contributed by atoms with Gasteiger partial charge in [0.05, 0.1) is 29.2 Å². The third-order valence-corrected chi connectivity index (χ3v) is 5.76. The van der Waals surface area contributed by atoms with E-state index >= 15 is 0 Å². The van der Waals surface area contributed by atoms with E-state index in [1.165, 1.54) is 0 Å². The van der Waals surface area contributed by atoms with E-state index in [4.69, 9.17) is 9.72 Å². The average Bonchev–Trinajstić information content (AvgIpc) is 2.86. The highest BCUT2D eigenvalue weighted by Gasteiger charge is 2.27. The Bertz CT molecular complexity index is 1330. The van der Waals surface area contributed by atoms with E-state index < -0.39 is 6.04 Å². The number of anilines is 1. The highest BCUT2D eigenvalue weighted by atomic mass is 16.5. The molecule has 1 aromatic heterocycles. The Labute approximate surface area is 198 Å². The third-order valence-electron chi connectivity index (χ3n) is 5.76. The molecule has 0 radical (unpaired) electrons. The second-order valence-electron chi connectivity index (χ2n) is 8.12. The molecule has 3 aromatic carbocycles. The molecule has 0 aliphatic heterocycles. The molecule has 1 heterocycles. The number of carbonyl (C=O) groups is 1. The van der Waals surface area contributed by atoms with Gasteiger partial charge < -0.3 is 15.0 Å². The van der Waals surface area contributed by atoms with Crippen LogP contribution in [0.1, 0.15) is 24.4 Å². The number of nitrogens with zero attached hydrogens (tertiary/aromatic N) is 3. The SMILES string of the molecule is COCCN(C(=O)Nc1ccc(C)cc1)C(C)c1nc2ccccc2c(=O)n1-c1ccccc1. The third kappa shape index (κ3) is 4.84. The second kappa shape index (κ2) is 10.3. The number of urea groups is 1. The van der Waals surface area contributed by atoms with E-state index in [0.29, 0.717) is 41.3 Å². The number of aryl methyl sites for hydroxylation is 1. The second-order valence-corrected chi connectivity index (χ2v) is 8.12. The zero-order valence-corrected chi connectivity index (χ0v) is 19.6. The summed E-state index contributed by atoms with van der Waals surface area (Å²) < 4.78 is 6.86. The smallest absolute Gasteiger partial charge is 0.322 e. The number of para-hydroxylation sites is 2. The number of amides is 2. The Morgan fingerprint density at radius 2 is 1.71 bits per heavy atom. The van der Waals surface area contributed by atoms with Gasteiger partial charge in [-0.1, -0.05) is 48.0 Å². The zero-order chi connectivity index (χ0) is 24.1. The van der Waals surface area contributed by atoms with Gasteiger partial charge in [-0.25, -0.2) is 9.78 Å². The Morgan fingerprint density at radius 1 is 1.03 bits per heavy atom. The predicted molar refractivity (Wildman–Crippen MR) is 135 cm³/mol. The van der Waals surface area contributed by atoms with Crippen molar-refractivity contribution >= 4 is 22.6 Å². The molecule has 1 N–H and O–H groups in total. The Morgan fingerprint density at radius 3 is 2.41 bits per heavy atom. The molecule has 0 saturated carbocycles. The van der Waals surface area contributed by atoms with Gasteiger partial charge >= 0.3 is 6.03 Å². The van der Waals surface area contributed by atoms with Crippen molar-refractivity contribution in [1.82, 2.24) is 14.5 Å². The Balaban J connectivity index is 1.80. The van der Waals surface area contributed by atoms with E-state index in [1.807, 2.05) is 86.6 Å². The lowest BCUT2D eigenvalue weighted by molar-refractivity contribution is 0.137. The van der Waals surface area contributed by atoms with Crippen molar-refractivity contribution in [2.24, 2.45) is 0 Å².